The predicted molar refractivity (Wildman–Crippen MR) is 109 cm³/mol. The molecule has 3 rings (SSSR count). The molecule has 8 nitrogen and oxygen atoms in total. The highest BCUT2D eigenvalue weighted by Crippen LogP contribution is 2.19. The van der Waals surface area contributed by atoms with Crippen LogP contribution in [-0.4, -0.2) is 32.0 Å². The molecule has 0 aliphatic heterocycles. The smallest absolute Gasteiger partial charge is 0.241 e. The Bertz CT molecular complexity index is 1250. The summed E-state index contributed by atoms with van der Waals surface area (Å²) < 4.78 is 27.9. The van der Waals surface area contributed by atoms with Crippen molar-refractivity contribution in [1.82, 2.24) is 4.72 Å². The molecule has 0 radical (unpaired) electrons. The molecule has 0 spiro atoms. The fourth-order valence-corrected chi connectivity index (χ4v) is 4.25. The number of Topliss-reactive ketones (excluding diaryl/α,β-unsaturated/α-hetero) is 1. The summed E-state index contributed by atoms with van der Waals surface area (Å²) in [7, 11) is -4.20. The van der Waals surface area contributed by atoms with Crippen LogP contribution in [0.15, 0.2) is 71.6 Å². The highest BCUT2D eigenvalue weighted by Gasteiger charge is 2.27. The molecule has 0 unspecified atom stereocenters. The molecular formula is C21H18N3O5S-. The largest absolute Gasteiger partial charge is 0.542 e. The van der Waals surface area contributed by atoms with Gasteiger partial charge in [-0.3, -0.25) is 10.2 Å². The van der Waals surface area contributed by atoms with Gasteiger partial charge >= 0.3 is 0 Å². The Morgan fingerprint density at radius 3 is 2.37 bits per heavy atom. The minimum atomic E-state index is -4.20. The number of aliphatic carboxylic acids is 1. The molecule has 0 amide bonds. The van der Waals surface area contributed by atoms with E-state index in [2.05, 4.69) is 4.72 Å². The topological polar surface area (TPSA) is 153 Å². The molecular weight excluding hydrogens is 406 g/mol. The van der Waals surface area contributed by atoms with E-state index < -0.39 is 27.8 Å². The van der Waals surface area contributed by atoms with Gasteiger partial charge in [-0.1, -0.05) is 48.5 Å². The Balaban J connectivity index is 1.93. The molecule has 0 aliphatic rings. The Hall–Kier alpha value is -3.56. The first-order valence-corrected chi connectivity index (χ1v) is 10.4. The van der Waals surface area contributed by atoms with Crippen LogP contribution >= 0.6 is 0 Å². The lowest BCUT2D eigenvalue weighted by atomic mass is 10.0. The van der Waals surface area contributed by atoms with Gasteiger partial charge in [0.05, 0.1) is 10.9 Å². The number of nitrogen functional groups attached to an aromatic ring is 1. The van der Waals surface area contributed by atoms with Gasteiger partial charge in [-0.2, -0.15) is 4.72 Å². The third-order valence-corrected chi connectivity index (χ3v) is 5.99. The molecule has 3 aromatic carbocycles. The van der Waals surface area contributed by atoms with E-state index in [0.29, 0.717) is 16.5 Å². The van der Waals surface area contributed by atoms with Gasteiger partial charge in [-0.15, -0.1) is 0 Å². The molecule has 154 valence electrons. The van der Waals surface area contributed by atoms with Crippen molar-refractivity contribution in [3.63, 3.8) is 0 Å². The number of amidine groups is 1. The standard InChI is InChI=1S/C21H19N3O5S/c22-20(23)16-7-3-4-13(10-16)11-18(19(25)21(26)27)24-30(28,29)17-9-8-14-5-1-2-6-15(14)12-17/h1-10,12,18,24H,11H2,(H3,22,23)(H,26,27)/p-1/t18-/m0/s1. The maximum absolute atomic E-state index is 12.8. The molecule has 0 saturated carbocycles. The number of hydrogen-bond acceptors (Lipinski definition) is 6. The van der Waals surface area contributed by atoms with E-state index in [1.54, 1.807) is 36.4 Å². The SMILES string of the molecule is N=C(N)c1cccc(C[C@H](NS(=O)(=O)c2ccc3ccccc3c2)C(=O)C(=O)[O-])c1. The van der Waals surface area contributed by atoms with Crippen molar-refractivity contribution in [2.24, 2.45) is 5.73 Å². The van der Waals surface area contributed by atoms with E-state index in [1.165, 1.54) is 18.2 Å². The zero-order chi connectivity index (χ0) is 21.9. The van der Waals surface area contributed by atoms with Crippen LogP contribution in [0.1, 0.15) is 11.1 Å². The number of benzene rings is 3. The summed E-state index contributed by atoms with van der Waals surface area (Å²) in [5.74, 6) is -3.60. The van der Waals surface area contributed by atoms with E-state index >= 15 is 0 Å². The second kappa shape index (κ2) is 8.44. The van der Waals surface area contributed by atoms with Crippen LogP contribution in [0.5, 0.6) is 0 Å². The third kappa shape index (κ3) is 4.70. The first kappa shape index (κ1) is 21.2. The van der Waals surface area contributed by atoms with Crippen molar-refractivity contribution in [1.29, 1.82) is 5.41 Å². The van der Waals surface area contributed by atoms with Gasteiger partial charge in [-0.05, 0) is 41.0 Å². The molecule has 0 bridgehead atoms. The summed E-state index contributed by atoms with van der Waals surface area (Å²) in [5, 5.41) is 20.1. The van der Waals surface area contributed by atoms with Gasteiger partial charge in [0.25, 0.3) is 0 Å². The molecule has 9 heteroatoms. The quantitative estimate of drug-likeness (QED) is 0.269. The minimum absolute atomic E-state index is 0.102. The Morgan fingerprint density at radius 2 is 1.70 bits per heavy atom. The van der Waals surface area contributed by atoms with Crippen LogP contribution in [0.3, 0.4) is 0 Å². The number of nitrogens with two attached hydrogens (primary N) is 1. The van der Waals surface area contributed by atoms with Crippen LogP contribution < -0.4 is 15.6 Å². The zero-order valence-electron chi connectivity index (χ0n) is 15.7. The van der Waals surface area contributed by atoms with Crippen LogP contribution in [0, 0.1) is 5.41 Å². The Morgan fingerprint density at radius 1 is 1.00 bits per heavy atom. The number of hydrogen-bond donors (Lipinski definition) is 3. The molecule has 1 atom stereocenters. The monoisotopic (exact) mass is 424 g/mol. The van der Waals surface area contributed by atoms with Crippen molar-refractivity contribution in [2.45, 2.75) is 17.4 Å². The number of ketones is 1. The maximum atomic E-state index is 12.8. The van der Waals surface area contributed by atoms with Crippen molar-refractivity contribution in [3.8, 4) is 0 Å². The van der Waals surface area contributed by atoms with Gasteiger partial charge in [0.1, 0.15) is 11.8 Å². The molecule has 0 fully saturated rings. The highest BCUT2D eigenvalue weighted by molar-refractivity contribution is 7.89. The van der Waals surface area contributed by atoms with Crippen LogP contribution in [0.25, 0.3) is 10.8 Å². The highest BCUT2D eigenvalue weighted by atomic mass is 32.2. The molecule has 0 saturated heterocycles. The summed E-state index contributed by atoms with van der Waals surface area (Å²) >= 11 is 0. The third-order valence-electron chi connectivity index (χ3n) is 4.52. The number of fused-ring (bicyclic) bond motifs is 1. The van der Waals surface area contributed by atoms with E-state index in [9.17, 15) is 23.1 Å². The number of carbonyl (C=O) groups excluding carboxylic acids is 2. The van der Waals surface area contributed by atoms with Gasteiger partial charge in [0.2, 0.25) is 10.0 Å². The van der Waals surface area contributed by atoms with E-state index in [0.717, 1.165) is 5.39 Å². The average molecular weight is 424 g/mol. The van der Waals surface area contributed by atoms with E-state index in [-0.39, 0.29) is 17.2 Å². The van der Waals surface area contributed by atoms with Crippen LogP contribution in [-0.2, 0) is 26.0 Å². The first-order valence-electron chi connectivity index (χ1n) is 8.87. The number of nitrogens with one attached hydrogen (secondary N) is 2. The van der Waals surface area contributed by atoms with Gasteiger partial charge in [0.15, 0.2) is 5.78 Å². The number of carbonyl (C=O) groups is 2. The summed E-state index contributed by atoms with van der Waals surface area (Å²) in [5.41, 5.74) is 6.24. The van der Waals surface area contributed by atoms with Gasteiger partial charge in [-0.25, -0.2) is 8.42 Å². The molecule has 3 aromatic rings. The summed E-state index contributed by atoms with van der Waals surface area (Å²) in [6.07, 6.45) is -0.249. The Kier molecular flexibility index (Phi) is 5.95. The predicted octanol–water partition coefficient (Wildman–Crippen LogP) is 0.332. The van der Waals surface area contributed by atoms with Crippen molar-refractivity contribution >= 4 is 38.4 Å². The van der Waals surface area contributed by atoms with E-state index in [4.69, 9.17) is 11.1 Å². The number of carboxylic acids is 1. The number of carboxylic acid groups (broad SMARTS) is 1. The lowest BCUT2D eigenvalue weighted by Gasteiger charge is -2.19. The maximum Gasteiger partial charge on any atom is 0.241 e. The van der Waals surface area contributed by atoms with Crippen molar-refractivity contribution in [2.75, 3.05) is 0 Å². The van der Waals surface area contributed by atoms with Crippen LogP contribution in [0.2, 0.25) is 0 Å². The molecule has 0 heterocycles. The first-order chi connectivity index (χ1) is 14.2. The second-order valence-electron chi connectivity index (χ2n) is 6.65. The van der Waals surface area contributed by atoms with Crippen molar-refractivity contribution in [3.05, 3.63) is 77.9 Å². The minimum Gasteiger partial charge on any atom is -0.542 e. The molecule has 30 heavy (non-hydrogen) atoms. The van der Waals surface area contributed by atoms with Crippen LogP contribution in [0.4, 0.5) is 0 Å². The molecule has 0 aliphatic carbocycles. The molecule has 0 aromatic heterocycles. The summed E-state index contributed by atoms with van der Waals surface area (Å²) in [4.78, 5) is 23.2. The van der Waals surface area contributed by atoms with Gasteiger partial charge < -0.3 is 15.6 Å². The summed E-state index contributed by atoms with van der Waals surface area (Å²) in [6.45, 7) is 0. The molecule has 4 N–H and O–H groups in total. The van der Waals surface area contributed by atoms with E-state index in [1.807, 2.05) is 12.1 Å². The normalized spacial score (nSPS) is 12.4. The fourth-order valence-electron chi connectivity index (χ4n) is 3.02. The fraction of sp³-hybridized carbons (Fsp3) is 0.0952. The number of sulfonamides is 1. The van der Waals surface area contributed by atoms with Gasteiger partial charge in [0, 0.05) is 5.56 Å². The second-order valence-corrected chi connectivity index (χ2v) is 8.37. The Labute approximate surface area is 172 Å². The number of rotatable bonds is 8. The van der Waals surface area contributed by atoms with Crippen molar-refractivity contribution < 1.29 is 23.1 Å². The average Bonchev–Trinajstić information content (AvgIpc) is 2.72. The lowest BCUT2D eigenvalue weighted by Crippen LogP contribution is -2.49. The zero-order valence-corrected chi connectivity index (χ0v) is 16.5. The summed E-state index contributed by atoms with van der Waals surface area (Å²) in [6, 6.07) is 16.2. The lowest BCUT2D eigenvalue weighted by molar-refractivity contribution is -0.300.